The fourth-order valence-corrected chi connectivity index (χ4v) is 5.52. The Morgan fingerprint density at radius 3 is 1.69 bits per heavy atom. The standard InChI is InChI=1S/C15H12BrIO.C15H13BrO/c1-8(2)9-3-4-10-11-5-6-12(16)14(17)15(11)18-13(10)7-9;1-9(2)10-3-5-12-13-6-4-11(16)8-15(13)17-14(12)7-10/h3-8H,1-2H3;3-9H,1-2H3. The van der Waals surface area contributed by atoms with Crippen molar-refractivity contribution in [1.82, 2.24) is 0 Å². The largest absolute Gasteiger partial charge is 0.456 e. The van der Waals surface area contributed by atoms with E-state index in [1.807, 2.05) is 12.1 Å². The predicted octanol–water partition coefficient (Wildman–Crippen LogP) is 11.5. The Labute approximate surface area is 235 Å². The summed E-state index contributed by atoms with van der Waals surface area (Å²) >= 11 is 9.33. The van der Waals surface area contributed by atoms with Crippen LogP contribution in [0, 0.1) is 3.57 Å². The summed E-state index contributed by atoms with van der Waals surface area (Å²) in [5.74, 6) is 1.05. The normalized spacial score (nSPS) is 11.8. The highest BCUT2D eigenvalue weighted by Gasteiger charge is 2.13. The molecule has 35 heavy (non-hydrogen) atoms. The van der Waals surface area contributed by atoms with Gasteiger partial charge in [-0.25, -0.2) is 0 Å². The number of furan rings is 2. The average molecular weight is 704 g/mol. The molecule has 4 aromatic carbocycles. The lowest BCUT2D eigenvalue weighted by molar-refractivity contribution is 0.664. The highest BCUT2D eigenvalue weighted by Crippen LogP contribution is 2.36. The van der Waals surface area contributed by atoms with Crippen molar-refractivity contribution in [2.24, 2.45) is 0 Å². The molecular formula is C30H25Br2IO2. The number of halogens is 3. The van der Waals surface area contributed by atoms with E-state index in [0.29, 0.717) is 11.8 Å². The summed E-state index contributed by atoms with van der Waals surface area (Å²) in [6.45, 7) is 8.79. The van der Waals surface area contributed by atoms with Gasteiger partial charge in [0.2, 0.25) is 0 Å². The quantitative estimate of drug-likeness (QED) is 0.168. The van der Waals surface area contributed by atoms with E-state index in [2.05, 4.69) is 137 Å². The summed E-state index contributed by atoms with van der Waals surface area (Å²) in [6.07, 6.45) is 0. The van der Waals surface area contributed by atoms with Crippen molar-refractivity contribution in [2.75, 3.05) is 0 Å². The van der Waals surface area contributed by atoms with Gasteiger partial charge in [0.15, 0.2) is 0 Å². The van der Waals surface area contributed by atoms with Crippen LogP contribution < -0.4 is 0 Å². The molecule has 2 aromatic heterocycles. The van der Waals surface area contributed by atoms with Gasteiger partial charge in [0.05, 0.1) is 3.57 Å². The molecule has 5 heteroatoms. The fourth-order valence-electron chi connectivity index (χ4n) is 4.29. The first-order valence-corrected chi connectivity index (χ1v) is 14.3. The molecule has 0 radical (unpaired) electrons. The first-order valence-electron chi connectivity index (χ1n) is 11.6. The molecule has 0 aliphatic rings. The molecule has 0 N–H and O–H groups in total. The van der Waals surface area contributed by atoms with Crippen LogP contribution in [0.4, 0.5) is 0 Å². The van der Waals surface area contributed by atoms with E-state index >= 15 is 0 Å². The van der Waals surface area contributed by atoms with Gasteiger partial charge >= 0.3 is 0 Å². The van der Waals surface area contributed by atoms with Gasteiger partial charge in [0.25, 0.3) is 0 Å². The van der Waals surface area contributed by atoms with Gasteiger partial charge in [0.1, 0.15) is 22.3 Å². The maximum absolute atomic E-state index is 6.02. The van der Waals surface area contributed by atoms with Gasteiger partial charge in [-0.2, -0.15) is 0 Å². The van der Waals surface area contributed by atoms with E-state index in [0.717, 1.165) is 34.8 Å². The lowest BCUT2D eigenvalue weighted by Gasteiger charge is -2.03. The van der Waals surface area contributed by atoms with Crippen molar-refractivity contribution in [3.05, 3.63) is 90.4 Å². The molecule has 0 bridgehead atoms. The second kappa shape index (κ2) is 9.91. The van der Waals surface area contributed by atoms with Crippen molar-refractivity contribution in [3.8, 4) is 0 Å². The molecule has 0 fully saturated rings. The number of benzene rings is 4. The maximum atomic E-state index is 6.02. The van der Waals surface area contributed by atoms with Gasteiger partial charge in [-0.3, -0.25) is 0 Å². The number of fused-ring (bicyclic) bond motifs is 6. The first kappa shape index (κ1) is 24.8. The molecule has 0 spiro atoms. The summed E-state index contributed by atoms with van der Waals surface area (Å²) in [6, 6.07) is 23.4. The summed E-state index contributed by atoms with van der Waals surface area (Å²) in [4.78, 5) is 0. The summed E-state index contributed by atoms with van der Waals surface area (Å²) < 4.78 is 15.2. The smallest absolute Gasteiger partial charge is 0.149 e. The monoisotopic (exact) mass is 702 g/mol. The van der Waals surface area contributed by atoms with E-state index in [9.17, 15) is 0 Å². The number of hydrogen-bond acceptors (Lipinski definition) is 2. The van der Waals surface area contributed by atoms with Gasteiger partial charge < -0.3 is 8.83 Å². The van der Waals surface area contributed by atoms with Crippen LogP contribution >= 0.6 is 54.5 Å². The maximum Gasteiger partial charge on any atom is 0.149 e. The molecular weight excluding hydrogens is 679 g/mol. The van der Waals surface area contributed by atoms with E-state index in [4.69, 9.17) is 8.83 Å². The van der Waals surface area contributed by atoms with Crippen molar-refractivity contribution < 1.29 is 8.83 Å². The Kier molecular flexibility index (Phi) is 7.03. The third-order valence-corrected chi connectivity index (χ3v) is 9.32. The van der Waals surface area contributed by atoms with E-state index in [-0.39, 0.29) is 0 Å². The van der Waals surface area contributed by atoms with E-state index in [1.54, 1.807) is 0 Å². The van der Waals surface area contributed by atoms with Crippen LogP contribution in [-0.4, -0.2) is 0 Å². The second-order valence-corrected chi connectivity index (χ2v) is 12.3. The Bertz CT molecular complexity index is 1690. The molecule has 6 aromatic rings. The van der Waals surface area contributed by atoms with Crippen molar-refractivity contribution >= 4 is 98.3 Å². The van der Waals surface area contributed by atoms with Crippen LogP contribution in [-0.2, 0) is 0 Å². The van der Waals surface area contributed by atoms with Gasteiger partial charge in [0, 0.05) is 30.5 Å². The van der Waals surface area contributed by atoms with Gasteiger partial charge in [-0.15, -0.1) is 0 Å². The van der Waals surface area contributed by atoms with Crippen molar-refractivity contribution in [2.45, 2.75) is 39.5 Å². The minimum atomic E-state index is 0.522. The topological polar surface area (TPSA) is 26.3 Å². The van der Waals surface area contributed by atoms with Gasteiger partial charge in [-0.1, -0.05) is 67.9 Å². The number of hydrogen-bond donors (Lipinski definition) is 0. The lowest BCUT2D eigenvalue weighted by atomic mass is 10.0. The highest BCUT2D eigenvalue weighted by atomic mass is 127. The summed E-state index contributed by atoms with van der Waals surface area (Å²) in [5.41, 5.74) is 6.50. The Morgan fingerprint density at radius 1 is 0.600 bits per heavy atom. The molecule has 0 amide bonds. The van der Waals surface area contributed by atoms with Crippen LogP contribution in [0.3, 0.4) is 0 Å². The number of rotatable bonds is 2. The molecule has 0 aliphatic heterocycles. The summed E-state index contributed by atoms with van der Waals surface area (Å²) in [7, 11) is 0. The zero-order valence-electron chi connectivity index (χ0n) is 20.0. The molecule has 178 valence electrons. The minimum absolute atomic E-state index is 0.522. The van der Waals surface area contributed by atoms with Crippen LogP contribution in [0.2, 0.25) is 0 Å². The molecule has 6 rings (SSSR count). The zero-order valence-corrected chi connectivity index (χ0v) is 25.3. The van der Waals surface area contributed by atoms with Crippen LogP contribution in [0.1, 0.15) is 50.7 Å². The van der Waals surface area contributed by atoms with Crippen LogP contribution in [0.15, 0.2) is 84.5 Å². The van der Waals surface area contributed by atoms with Crippen LogP contribution in [0.25, 0.3) is 43.9 Å². The van der Waals surface area contributed by atoms with E-state index in [1.165, 1.54) is 32.7 Å². The first-order chi connectivity index (χ1) is 16.7. The third-order valence-electron chi connectivity index (χ3n) is 6.35. The SMILES string of the molecule is CC(C)c1ccc2c(c1)oc1c(I)c(Br)ccc12.CC(C)c1ccc2c(c1)oc1cc(Br)ccc12. The zero-order chi connectivity index (χ0) is 24.9. The molecule has 0 saturated carbocycles. The van der Waals surface area contributed by atoms with Crippen LogP contribution in [0.5, 0.6) is 0 Å². The average Bonchev–Trinajstić information content (AvgIpc) is 3.38. The molecule has 0 unspecified atom stereocenters. The molecule has 0 saturated heterocycles. The summed E-state index contributed by atoms with van der Waals surface area (Å²) in [5, 5.41) is 4.75. The lowest BCUT2D eigenvalue weighted by Crippen LogP contribution is -1.84. The highest BCUT2D eigenvalue weighted by molar-refractivity contribution is 14.1. The third kappa shape index (κ3) is 4.79. The van der Waals surface area contributed by atoms with E-state index < -0.39 is 0 Å². The van der Waals surface area contributed by atoms with Crippen molar-refractivity contribution in [3.63, 3.8) is 0 Å². The second-order valence-electron chi connectivity index (χ2n) is 9.40. The fraction of sp³-hybridized carbons (Fsp3) is 0.200. The molecule has 0 atom stereocenters. The Balaban J connectivity index is 0.000000145. The van der Waals surface area contributed by atoms with Crippen molar-refractivity contribution in [1.29, 1.82) is 0 Å². The minimum Gasteiger partial charge on any atom is -0.456 e. The predicted molar refractivity (Wildman–Crippen MR) is 164 cm³/mol. The Hall–Kier alpha value is -1.83. The van der Waals surface area contributed by atoms with Gasteiger partial charge in [-0.05, 0) is 104 Å². The Morgan fingerprint density at radius 2 is 1.09 bits per heavy atom. The molecule has 2 nitrogen and oxygen atoms in total. The molecule has 2 heterocycles. The molecule has 0 aliphatic carbocycles.